The van der Waals surface area contributed by atoms with Crippen LogP contribution >= 0.6 is 22.7 Å². The van der Waals surface area contributed by atoms with Crippen LogP contribution in [0.4, 0.5) is 31.7 Å². The average molecular weight is 1220 g/mol. The number of thiazole rings is 2. The molecule has 0 bridgehead atoms. The zero-order valence-electron chi connectivity index (χ0n) is 45.0. The first-order chi connectivity index (χ1) is 38.8. The Hall–Kier alpha value is -7.79. The van der Waals surface area contributed by atoms with E-state index in [0.29, 0.717) is 35.4 Å². The van der Waals surface area contributed by atoms with Gasteiger partial charge in [-0.1, -0.05) is 127 Å². The number of benzene rings is 5. The highest BCUT2D eigenvalue weighted by Crippen LogP contribution is 2.38. The van der Waals surface area contributed by atoms with Crippen molar-refractivity contribution < 1.29 is 63.0 Å². The van der Waals surface area contributed by atoms with Crippen LogP contribution in [0.5, 0.6) is 0 Å². The number of rotatable bonds is 24. The number of nitrogens with one attached hydrogen (secondary N) is 4. The first-order valence-electron chi connectivity index (χ1n) is 25.1. The van der Waals surface area contributed by atoms with Gasteiger partial charge in [0.25, 0.3) is 0 Å². The highest BCUT2D eigenvalue weighted by Gasteiger charge is 2.35. The Morgan fingerprint density at radius 1 is 0.646 bits per heavy atom. The van der Waals surface area contributed by atoms with Crippen molar-refractivity contribution in [3.8, 4) is 10.6 Å². The van der Waals surface area contributed by atoms with Gasteiger partial charge in [0.05, 0.1) is 60.0 Å². The molecule has 0 saturated heterocycles. The number of alkyl carbamates (subject to hydrolysis) is 2. The maximum absolute atomic E-state index is 14.3. The van der Waals surface area contributed by atoms with Gasteiger partial charge in [-0.3, -0.25) is 18.7 Å². The number of sulfone groups is 1. The lowest BCUT2D eigenvalue weighted by atomic mass is 10.0. The molecule has 1 unspecified atom stereocenters. The third kappa shape index (κ3) is 16.4. The van der Waals surface area contributed by atoms with Gasteiger partial charge in [-0.05, 0) is 74.6 Å². The van der Waals surface area contributed by atoms with E-state index in [1.807, 2.05) is 36.4 Å². The van der Waals surface area contributed by atoms with Crippen LogP contribution in [0, 0.1) is 0 Å². The maximum atomic E-state index is 14.3. The van der Waals surface area contributed by atoms with E-state index in [1.54, 1.807) is 66.7 Å². The first-order valence-corrected chi connectivity index (χ1v) is 31.3. The molecule has 7 rings (SSSR count). The molecule has 7 aromatic rings. The van der Waals surface area contributed by atoms with Crippen molar-refractivity contribution in [2.24, 2.45) is 0 Å². The summed E-state index contributed by atoms with van der Waals surface area (Å²) in [6.07, 6.45) is -1.63. The fourth-order valence-electron chi connectivity index (χ4n) is 8.30. The zero-order valence-corrected chi connectivity index (χ0v) is 49.0. The second-order valence-corrected chi connectivity index (χ2v) is 26.7. The highest BCUT2D eigenvalue weighted by molar-refractivity contribution is 7.92. The Kier molecular flexibility index (Phi) is 20.3. The fourth-order valence-corrected chi connectivity index (χ4v) is 13.0. The Morgan fingerprint density at radius 2 is 1.20 bits per heavy atom. The van der Waals surface area contributed by atoms with Gasteiger partial charge in [0.2, 0.25) is 11.8 Å². The molecule has 0 fully saturated rings. The number of anilines is 4. The normalized spacial score (nSPS) is 13.0. The lowest BCUT2D eigenvalue weighted by Gasteiger charge is -2.29. The summed E-state index contributed by atoms with van der Waals surface area (Å²) in [5, 5.41) is 13.1. The molecule has 6 N–H and O–H groups in total. The number of hydrogen-bond acceptors (Lipinski definition) is 16. The molecule has 0 spiro atoms. The van der Waals surface area contributed by atoms with Gasteiger partial charge in [-0.15, -0.1) is 11.3 Å². The van der Waals surface area contributed by atoms with E-state index in [2.05, 4.69) is 26.3 Å². The number of methoxy groups -OCH3 is 2. The topological polar surface area (TPSA) is 310 Å². The molecule has 0 saturated carbocycles. The summed E-state index contributed by atoms with van der Waals surface area (Å²) in [7, 11) is -12.2. The van der Waals surface area contributed by atoms with Gasteiger partial charge in [0.15, 0.2) is 9.84 Å². The smallest absolute Gasteiger partial charge is 0.407 e. The third-order valence-electron chi connectivity index (χ3n) is 12.6. The lowest BCUT2D eigenvalue weighted by molar-refractivity contribution is -0.123. The van der Waals surface area contributed by atoms with E-state index in [-0.39, 0.29) is 53.4 Å². The standard InChI is InChI=1S/C55H60N8O14S5/c1-55(2,3)80(68,69)35-48-56-46(34-78-48)45(57-49(64)43(59-53(66)76-4)30-36-18-9-6-10-19-36)33-62(81(70,71)72)40-25-17-26-41(32-40)63(82(73,74)75)47-27-16-15-22-38(47)28-29-42-52(79-51(58-42)39-23-13-8-14-24-39)61-50(65)44(60-54(67)77-5)31-37-20-11-7-12-21-37/h6-27,32,34,43-45H,28-31,33,35H2,1-5H3,(H,57,64)(H,59,66)(H,60,67)(H,61,65)(H,70,71,72)(H,73,74,75)/t43-,44?,45-/m0/s1. The van der Waals surface area contributed by atoms with Gasteiger partial charge in [0.1, 0.15) is 32.9 Å². The Balaban J connectivity index is 1.23. The van der Waals surface area contributed by atoms with E-state index in [9.17, 15) is 53.5 Å². The SMILES string of the molecule is COC(=O)NC(Cc1ccccc1)C(=O)Nc1sc(-c2ccccc2)nc1CCc1ccccc1N(c1cccc(N(C[C@H](NC(=O)[C@H](Cc2ccccc2)NC(=O)OC)c2csc(CS(=O)(=O)C(C)(C)C)n2)S(=O)(=O)O)c1)S(=O)(=O)O. The average Bonchev–Trinajstić information content (AvgIpc) is 3.82. The number of ether oxygens (including phenoxy) is 2. The Bertz CT molecular complexity index is 3710. The van der Waals surface area contributed by atoms with E-state index < -0.39 is 89.6 Å². The summed E-state index contributed by atoms with van der Waals surface area (Å²) in [5.41, 5.74) is 2.05. The van der Waals surface area contributed by atoms with Crippen molar-refractivity contribution in [2.75, 3.05) is 34.7 Å². The van der Waals surface area contributed by atoms with Gasteiger partial charge in [-0.25, -0.2) is 36.6 Å². The number of amides is 4. The van der Waals surface area contributed by atoms with E-state index in [4.69, 9.17) is 14.5 Å². The summed E-state index contributed by atoms with van der Waals surface area (Å²) in [5.74, 6) is -1.95. The molecule has 0 aliphatic carbocycles. The molecule has 82 heavy (non-hydrogen) atoms. The molecule has 0 aliphatic heterocycles. The molecule has 2 heterocycles. The van der Waals surface area contributed by atoms with Crippen molar-refractivity contribution >= 4 is 99.2 Å². The molecule has 4 amide bonds. The minimum Gasteiger partial charge on any atom is -0.453 e. The summed E-state index contributed by atoms with van der Waals surface area (Å²) in [4.78, 5) is 62.8. The van der Waals surface area contributed by atoms with Crippen LogP contribution in [0.1, 0.15) is 59.9 Å². The first kappa shape index (κ1) is 61.8. The molecule has 434 valence electrons. The molecule has 0 radical (unpaired) electrons. The minimum absolute atomic E-state index is 0.0316. The third-order valence-corrected chi connectivity index (χ3v) is 19.1. The van der Waals surface area contributed by atoms with Crippen LogP contribution in [0.25, 0.3) is 10.6 Å². The Morgan fingerprint density at radius 3 is 1.76 bits per heavy atom. The molecule has 27 heteroatoms. The molecule has 0 aliphatic rings. The Labute approximate surface area is 483 Å². The zero-order chi connectivity index (χ0) is 59.4. The summed E-state index contributed by atoms with van der Waals surface area (Å²) in [6, 6.07) is 33.8. The second-order valence-electron chi connectivity index (χ2n) is 19.4. The minimum atomic E-state index is -5.36. The quantitative estimate of drug-likeness (QED) is 0.0312. The summed E-state index contributed by atoms with van der Waals surface area (Å²) < 4.78 is 113. The second kappa shape index (κ2) is 26.9. The predicted octanol–water partition coefficient (Wildman–Crippen LogP) is 8.05. The van der Waals surface area contributed by atoms with Crippen LogP contribution < -0.4 is 29.9 Å². The van der Waals surface area contributed by atoms with Crippen LogP contribution in [0.2, 0.25) is 0 Å². The van der Waals surface area contributed by atoms with E-state index >= 15 is 0 Å². The molecule has 5 aromatic carbocycles. The van der Waals surface area contributed by atoms with Gasteiger partial charge < -0.3 is 30.7 Å². The number of aromatic nitrogens is 2. The van der Waals surface area contributed by atoms with Crippen LogP contribution in [0.3, 0.4) is 0 Å². The number of aryl methyl sites for hydroxylation is 2. The largest absolute Gasteiger partial charge is 0.453 e. The number of para-hydroxylation sites is 1. The molecular weight excluding hydrogens is 1160 g/mol. The van der Waals surface area contributed by atoms with Crippen molar-refractivity contribution in [1.82, 2.24) is 25.9 Å². The van der Waals surface area contributed by atoms with Crippen LogP contribution in [-0.2, 0) is 80.9 Å². The van der Waals surface area contributed by atoms with Gasteiger partial charge in [-0.2, -0.15) is 16.8 Å². The van der Waals surface area contributed by atoms with Crippen LogP contribution in [0.15, 0.2) is 145 Å². The van der Waals surface area contributed by atoms with Gasteiger partial charge in [0, 0.05) is 23.8 Å². The maximum Gasteiger partial charge on any atom is 0.407 e. The number of hydrogen-bond donors (Lipinski definition) is 6. The number of carbonyl (C=O) groups is 4. The van der Waals surface area contributed by atoms with Crippen LogP contribution in [-0.4, -0.2) is 106 Å². The fraction of sp³-hybridized carbons (Fsp3) is 0.273. The number of carbonyl (C=O) groups excluding carboxylic acids is 4. The van der Waals surface area contributed by atoms with Crippen molar-refractivity contribution in [3.63, 3.8) is 0 Å². The molecule has 3 atom stereocenters. The van der Waals surface area contributed by atoms with E-state index in [1.165, 1.54) is 74.9 Å². The highest BCUT2D eigenvalue weighted by atomic mass is 32.2. The van der Waals surface area contributed by atoms with Gasteiger partial charge >= 0.3 is 32.8 Å². The monoisotopic (exact) mass is 1220 g/mol. The lowest BCUT2D eigenvalue weighted by Crippen LogP contribution is -2.50. The van der Waals surface area contributed by atoms with E-state index in [0.717, 1.165) is 35.6 Å². The summed E-state index contributed by atoms with van der Waals surface area (Å²) in [6.45, 7) is 3.71. The predicted molar refractivity (Wildman–Crippen MR) is 313 cm³/mol. The number of nitrogens with zero attached hydrogens (tertiary/aromatic N) is 4. The molecular formula is C55H60N8O14S5. The van der Waals surface area contributed by atoms with Crippen molar-refractivity contribution in [1.29, 1.82) is 0 Å². The van der Waals surface area contributed by atoms with Crippen molar-refractivity contribution in [3.05, 3.63) is 178 Å². The van der Waals surface area contributed by atoms with Crippen molar-refractivity contribution in [2.45, 2.75) is 75.1 Å². The summed E-state index contributed by atoms with van der Waals surface area (Å²) >= 11 is 2.09. The molecule has 2 aromatic heterocycles. The molecule has 22 nitrogen and oxygen atoms in total.